The smallest absolute Gasteiger partial charge is 0.161 e. The Labute approximate surface area is 152 Å². The van der Waals surface area contributed by atoms with E-state index in [1.165, 1.54) is 5.56 Å². The lowest BCUT2D eigenvalue weighted by molar-refractivity contribution is 0.144. The van der Waals surface area contributed by atoms with Crippen LogP contribution in [0.25, 0.3) is 0 Å². The second kappa shape index (κ2) is 9.80. The van der Waals surface area contributed by atoms with Crippen LogP contribution in [-0.4, -0.2) is 69.3 Å². The Bertz CT molecular complexity index is 554. The van der Waals surface area contributed by atoms with Crippen molar-refractivity contribution in [2.24, 2.45) is 0 Å². The van der Waals surface area contributed by atoms with E-state index in [4.69, 9.17) is 9.47 Å². The van der Waals surface area contributed by atoms with Crippen LogP contribution in [0.1, 0.15) is 19.4 Å². The third kappa shape index (κ3) is 6.69. The summed E-state index contributed by atoms with van der Waals surface area (Å²) in [6.45, 7) is 15.1. The summed E-state index contributed by atoms with van der Waals surface area (Å²) in [6.07, 6.45) is 0. The summed E-state index contributed by atoms with van der Waals surface area (Å²) in [5, 5.41) is 3.62. The van der Waals surface area contributed by atoms with Gasteiger partial charge in [-0.1, -0.05) is 12.6 Å². The van der Waals surface area contributed by atoms with Gasteiger partial charge in [0.2, 0.25) is 0 Å². The summed E-state index contributed by atoms with van der Waals surface area (Å²) >= 11 is 0. The van der Waals surface area contributed by atoms with E-state index in [9.17, 15) is 0 Å². The predicted molar refractivity (Wildman–Crippen MR) is 104 cm³/mol. The molecule has 1 aromatic rings. The molecule has 25 heavy (non-hydrogen) atoms. The van der Waals surface area contributed by atoms with Crippen molar-refractivity contribution in [3.05, 3.63) is 35.9 Å². The minimum Gasteiger partial charge on any atom is -0.493 e. The van der Waals surface area contributed by atoms with Gasteiger partial charge in [-0.25, -0.2) is 0 Å². The number of hydrogen-bond donors (Lipinski definition) is 1. The summed E-state index contributed by atoms with van der Waals surface area (Å²) in [6, 6.07) is 6.56. The number of hydrogen-bond acceptors (Lipinski definition) is 5. The van der Waals surface area contributed by atoms with Crippen molar-refractivity contribution in [1.82, 2.24) is 15.1 Å². The molecule has 0 aromatic heterocycles. The number of nitrogens with zero attached hydrogens (tertiary/aromatic N) is 2. The van der Waals surface area contributed by atoms with Crippen LogP contribution in [0.15, 0.2) is 30.4 Å². The first-order valence-electron chi connectivity index (χ1n) is 9.06. The van der Waals surface area contributed by atoms with Crippen LogP contribution in [0.2, 0.25) is 0 Å². The highest BCUT2D eigenvalue weighted by Gasteiger charge is 2.16. The standard InChI is InChI=1S/C20H33N3O2/c1-16(2)15-25-20-12-18(6-7-19(20)24-5)13-21-17(3)14-23-10-8-22(4)9-11-23/h6-7,12,17,21H,1,8-11,13-15H2,2-5H3. The molecule has 1 aliphatic rings. The maximum absolute atomic E-state index is 5.80. The van der Waals surface area contributed by atoms with Gasteiger partial charge in [0, 0.05) is 45.3 Å². The first-order chi connectivity index (χ1) is 12.0. The van der Waals surface area contributed by atoms with E-state index in [2.05, 4.69) is 47.8 Å². The molecule has 1 heterocycles. The number of nitrogens with one attached hydrogen (secondary N) is 1. The lowest BCUT2D eigenvalue weighted by atomic mass is 10.2. The monoisotopic (exact) mass is 347 g/mol. The third-order valence-corrected chi connectivity index (χ3v) is 4.48. The van der Waals surface area contributed by atoms with Crippen LogP contribution in [0.3, 0.4) is 0 Å². The Kier molecular flexibility index (Phi) is 7.75. The van der Waals surface area contributed by atoms with E-state index in [1.54, 1.807) is 7.11 Å². The molecule has 140 valence electrons. The number of rotatable bonds is 9. The van der Waals surface area contributed by atoms with Crippen molar-refractivity contribution in [3.8, 4) is 11.5 Å². The minimum atomic E-state index is 0.449. The summed E-state index contributed by atoms with van der Waals surface area (Å²) in [5.74, 6) is 1.53. The van der Waals surface area contributed by atoms with Gasteiger partial charge in [-0.2, -0.15) is 0 Å². The van der Waals surface area contributed by atoms with Crippen molar-refractivity contribution < 1.29 is 9.47 Å². The van der Waals surface area contributed by atoms with Crippen LogP contribution in [0, 0.1) is 0 Å². The molecule has 0 aliphatic carbocycles. The van der Waals surface area contributed by atoms with Crippen molar-refractivity contribution in [2.75, 3.05) is 53.5 Å². The normalized spacial score (nSPS) is 17.3. The molecule has 1 atom stereocenters. The number of ether oxygens (including phenoxy) is 2. The maximum Gasteiger partial charge on any atom is 0.161 e. The third-order valence-electron chi connectivity index (χ3n) is 4.48. The first-order valence-corrected chi connectivity index (χ1v) is 9.06. The fraction of sp³-hybridized carbons (Fsp3) is 0.600. The van der Waals surface area contributed by atoms with E-state index >= 15 is 0 Å². The van der Waals surface area contributed by atoms with Gasteiger partial charge in [-0.15, -0.1) is 0 Å². The number of piperazine rings is 1. The Morgan fingerprint density at radius 2 is 1.96 bits per heavy atom. The molecule has 0 bridgehead atoms. The Balaban J connectivity index is 1.84. The molecule has 1 saturated heterocycles. The van der Waals surface area contributed by atoms with Gasteiger partial charge >= 0.3 is 0 Å². The predicted octanol–water partition coefficient (Wildman–Crippen LogP) is 2.38. The van der Waals surface area contributed by atoms with E-state index in [0.717, 1.165) is 56.3 Å². The zero-order valence-electron chi connectivity index (χ0n) is 16.2. The average molecular weight is 348 g/mol. The molecule has 0 amide bonds. The Morgan fingerprint density at radius 1 is 1.24 bits per heavy atom. The van der Waals surface area contributed by atoms with Gasteiger partial charge < -0.3 is 19.7 Å². The van der Waals surface area contributed by atoms with Crippen molar-refractivity contribution in [1.29, 1.82) is 0 Å². The molecule has 5 nitrogen and oxygen atoms in total. The molecule has 2 rings (SSSR count). The fourth-order valence-corrected chi connectivity index (χ4v) is 2.92. The lowest BCUT2D eigenvalue weighted by Crippen LogP contribution is -2.48. The molecule has 1 unspecified atom stereocenters. The van der Waals surface area contributed by atoms with Gasteiger partial charge in [0.15, 0.2) is 11.5 Å². The average Bonchev–Trinajstić information content (AvgIpc) is 2.60. The highest BCUT2D eigenvalue weighted by molar-refractivity contribution is 5.43. The first kappa shape index (κ1) is 19.8. The van der Waals surface area contributed by atoms with E-state index in [-0.39, 0.29) is 0 Å². The molecular formula is C20H33N3O2. The van der Waals surface area contributed by atoms with E-state index in [1.807, 2.05) is 13.0 Å². The van der Waals surface area contributed by atoms with Crippen LogP contribution in [0.5, 0.6) is 11.5 Å². The molecule has 0 saturated carbocycles. The molecule has 1 aromatic carbocycles. The van der Waals surface area contributed by atoms with Crippen LogP contribution >= 0.6 is 0 Å². The zero-order valence-corrected chi connectivity index (χ0v) is 16.2. The van der Waals surface area contributed by atoms with Crippen LogP contribution in [-0.2, 0) is 6.54 Å². The molecule has 5 heteroatoms. The van der Waals surface area contributed by atoms with E-state index < -0.39 is 0 Å². The molecule has 1 N–H and O–H groups in total. The van der Waals surface area contributed by atoms with Crippen molar-refractivity contribution in [2.45, 2.75) is 26.4 Å². The summed E-state index contributed by atoms with van der Waals surface area (Å²) in [7, 11) is 3.86. The number of methoxy groups -OCH3 is 1. The molecule has 0 spiro atoms. The molecule has 1 fully saturated rings. The molecule has 1 aliphatic heterocycles. The van der Waals surface area contributed by atoms with Gasteiger partial charge in [0.1, 0.15) is 6.61 Å². The van der Waals surface area contributed by atoms with Crippen molar-refractivity contribution >= 4 is 0 Å². The second-order valence-electron chi connectivity index (χ2n) is 7.12. The van der Waals surface area contributed by atoms with Gasteiger partial charge in [0.05, 0.1) is 7.11 Å². The summed E-state index contributed by atoms with van der Waals surface area (Å²) < 4.78 is 11.2. The summed E-state index contributed by atoms with van der Waals surface area (Å²) in [5.41, 5.74) is 2.19. The van der Waals surface area contributed by atoms with Gasteiger partial charge in [0.25, 0.3) is 0 Å². The maximum atomic E-state index is 5.80. The summed E-state index contributed by atoms with van der Waals surface area (Å²) in [4.78, 5) is 4.92. The topological polar surface area (TPSA) is 37.0 Å². The quantitative estimate of drug-likeness (QED) is 0.694. The minimum absolute atomic E-state index is 0.449. The highest BCUT2D eigenvalue weighted by Crippen LogP contribution is 2.28. The van der Waals surface area contributed by atoms with Crippen molar-refractivity contribution in [3.63, 3.8) is 0 Å². The number of benzene rings is 1. The molecular weight excluding hydrogens is 314 g/mol. The largest absolute Gasteiger partial charge is 0.493 e. The van der Waals surface area contributed by atoms with E-state index in [0.29, 0.717) is 12.6 Å². The zero-order chi connectivity index (χ0) is 18.2. The Hall–Kier alpha value is -1.56. The SMILES string of the molecule is C=C(C)COc1cc(CNC(C)CN2CCN(C)CC2)ccc1OC. The van der Waals surface area contributed by atoms with Gasteiger partial charge in [-0.05, 0) is 44.2 Å². The highest BCUT2D eigenvalue weighted by atomic mass is 16.5. The lowest BCUT2D eigenvalue weighted by Gasteiger charge is -2.34. The van der Waals surface area contributed by atoms with Crippen LogP contribution in [0.4, 0.5) is 0 Å². The number of likely N-dealkylation sites (N-methyl/N-ethyl adjacent to an activating group) is 1. The van der Waals surface area contributed by atoms with Gasteiger partial charge in [-0.3, -0.25) is 4.90 Å². The molecule has 0 radical (unpaired) electrons. The second-order valence-corrected chi connectivity index (χ2v) is 7.12. The Morgan fingerprint density at radius 3 is 2.60 bits per heavy atom. The van der Waals surface area contributed by atoms with Crippen LogP contribution < -0.4 is 14.8 Å². The fourth-order valence-electron chi connectivity index (χ4n) is 2.92.